The number of benzene rings is 1. The lowest BCUT2D eigenvalue weighted by Gasteiger charge is -2.20. The van der Waals surface area contributed by atoms with Crippen LogP contribution in [0.3, 0.4) is 0 Å². The summed E-state index contributed by atoms with van der Waals surface area (Å²) in [5.41, 5.74) is 8.42. The Balaban J connectivity index is 1.81. The average molecular weight is 275 g/mol. The third-order valence-electron chi connectivity index (χ3n) is 4.37. The van der Waals surface area contributed by atoms with Crippen LogP contribution in [0.1, 0.15) is 32.3 Å². The molecule has 20 heavy (non-hydrogen) atoms. The molecule has 0 radical (unpaired) electrons. The molecule has 1 aromatic rings. The fraction of sp³-hybridized carbons (Fsp3) is 0.647. The number of anilines is 1. The number of hydrogen-bond donors (Lipinski definition) is 2. The van der Waals surface area contributed by atoms with Gasteiger partial charge in [-0.05, 0) is 62.0 Å². The van der Waals surface area contributed by atoms with Crippen LogP contribution in [0.4, 0.5) is 5.69 Å². The number of likely N-dealkylation sites (tertiary alicyclic amines) is 1. The number of nitrogens with zero attached hydrogens (tertiary/aromatic N) is 1. The number of nitrogens with two attached hydrogens (primary N) is 1. The van der Waals surface area contributed by atoms with Crippen molar-refractivity contribution >= 4 is 5.69 Å². The van der Waals surface area contributed by atoms with E-state index in [1.54, 1.807) is 0 Å². The van der Waals surface area contributed by atoms with E-state index in [1.165, 1.54) is 37.2 Å². The molecule has 3 N–H and O–H groups in total. The van der Waals surface area contributed by atoms with Crippen molar-refractivity contribution in [3.8, 4) is 0 Å². The van der Waals surface area contributed by atoms with E-state index in [4.69, 9.17) is 5.73 Å². The molecule has 112 valence electrons. The third kappa shape index (κ3) is 4.50. The second-order valence-corrected chi connectivity index (χ2v) is 6.30. The van der Waals surface area contributed by atoms with E-state index < -0.39 is 0 Å². The molecule has 2 rings (SSSR count). The van der Waals surface area contributed by atoms with Crippen molar-refractivity contribution in [1.29, 1.82) is 0 Å². The minimum absolute atomic E-state index is 0.541. The Hall–Kier alpha value is -1.06. The van der Waals surface area contributed by atoms with Gasteiger partial charge in [-0.1, -0.05) is 26.0 Å². The number of hydrogen-bond acceptors (Lipinski definition) is 3. The zero-order chi connectivity index (χ0) is 14.4. The van der Waals surface area contributed by atoms with Crippen LogP contribution in [-0.2, 0) is 6.54 Å². The molecule has 1 saturated heterocycles. The zero-order valence-electron chi connectivity index (χ0n) is 12.9. The lowest BCUT2D eigenvalue weighted by Crippen LogP contribution is -2.27. The molecule has 0 spiro atoms. The van der Waals surface area contributed by atoms with Crippen molar-refractivity contribution in [1.82, 2.24) is 4.90 Å². The second-order valence-electron chi connectivity index (χ2n) is 6.30. The van der Waals surface area contributed by atoms with Crippen LogP contribution < -0.4 is 11.1 Å². The van der Waals surface area contributed by atoms with E-state index in [1.807, 2.05) is 0 Å². The molecular formula is C17H29N3. The van der Waals surface area contributed by atoms with Crippen LogP contribution in [0, 0.1) is 11.8 Å². The molecule has 1 atom stereocenters. The first-order valence-corrected chi connectivity index (χ1v) is 7.94. The van der Waals surface area contributed by atoms with E-state index in [0.717, 1.165) is 19.6 Å². The Bertz CT molecular complexity index is 380. The standard InChI is InChI=1S/C17H29N3/c1-14(2)16(11-18)12-19-17-7-5-15(6-8-17)13-20-9-3-4-10-20/h5-8,14,16,19H,3-4,9-13,18H2,1-2H3. The Morgan fingerprint density at radius 2 is 1.80 bits per heavy atom. The van der Waals surface area contributed by atoms with Gasteiger partial charge in [-0.25, -0.2) is 0 Å². The van der Waals surface area contributed by atoms with Crippen molar-refractivity contribution in [3.05, 3.63) is 29.8 Å². The van der Waals surface area contributed by atoms with Gasteiger partial charge in [0, 0.05) is 18.8 Å². The summed E-state index contributed by atoms with van der Waals surface area (Å²) in [5.74, 6) is 1.17. The lowest BCUT2D eigenvalue weighted by molar-refractivity contribution is 0.331. The third-order valence-corrected chi connectivity index (χ3v) is 4.37. The van der Waals surface area contributed by atoms with Gasteiger partial charge in [-0.15, -0.1) is 0 Å². The number of rotatable bonds is 7. The van der Waals surface area contributed by atoms with E-state index >= 15 is 0 Å². The van der Waals surface area contributed by atoms with Crippen LogP contribution in [0.2, 0.25) is 0 Å². The first-order valence-electron chi connectivity index (χ1n) is 7.94. The van der Waals surface area contributed by atoms with E-state index in [9.17, 15) is 0 Å². The molecule has 3 heteroatoms. The second kappa shape index (κ2) is 7.65. The van der Waals surface area contributed by atoms with Gasteiger partial charge in [0.2, 0.25) is 0 Å². The smallest absolute Gasteiger partial charge is 0.0340 e. The quantitative estimate of drug-likeness (QED) is 0.804. The summed E-state index contributed by atoms with van der Waals surface area (Å²) >= 11 is 0. The molecule has 0 aliphatic carbocycles. The predicted octanol–water partition coefficient (Wildman–Crippen LogP) is 2.93. The minimum atomic E-state index is 0.541. The van der Waals surface area contributed by atoms with Gasteiger partial charge in [-0.2, -0.15) is 0 Å². The highest BCUT2D eigenvalue weighted by Crippen LogP contribution is 2.16. The lowest BCUT2D eigenvalue weighted by atomic mass is 9.96. The first kappa shape index (κ1) is 15.3. The molecule has 1 heterocycles. The van der Waals surface area contributed by atoms with Gasteiger partial charge in [0.25, 0.3) is 0 Å². The van der Waals surface area contributed by atoms with Crippen molar-refractivity contribution in [3.63, 3.8) is 0 Å². The molecule has 0 saturated carbocycles. The van der Waals surface area contributed by atoms with Crippen molar-refractivity contribution in [2.24, 2.45) is 17.6 Å². The Morgan fingerprint density at radius 3 is 2.35 bits per heavy atom. The van der Waals surface area contributed by atoms with Crippen LogP contribution >= 0.6 is 0 Å². The van der Waals surface area contributed by atoms with Crippen LogP contribution in [0.15, 0.2) is 24.3 Å². The maximum Gasteiger partial charge on any atom is 0.0340 e. The molecule has 1 aromatic carbocycles. The van der Waals surface area contributed by atoms with Crippen molar-refractivity contribution in [2.75, 3.05) is 31.5 Å². The summed E-state index contributed by atoms with van der Waals surface area (Å²) in [6, 6.07) is 8.87. The van der Waals surface area contributed by atoms with Gasteiger partial charge in [0.15, 0.2) is 0 Å². The van der Waals surface area contributed by atoms with Gasteiger partial charge in [0.05, 0.1) is 0 Å². The highest BCUT2D eigenvalue weighted by molar-refractivity contribution is 5.44. The number of nitrogens with one attached hydrogen (secondary N) is 1. The fourth-order valence-corrected chi connectivity index (χ4v) is 2.77. The summed E-state index contributed by atoms with van der Waals surface area (Å²) in [5, 5.41) is 3.50. The summed E-state index contributed by atoms with van der Waals surface area (Å²) in [4.78, 5) is 2.53. The van der Waals surface area contributed by atoms with E-state index in [2.05, 4.69) is 48.3 Å². The summed E-state index contributed by atoms with van der Waals surface area (Å²) in [6.45, 7) is 9.78. The van der Waals surface area contributed by atoms with Crippen LogP contribution in [-0.4, -0.2) is 31.1 Å². The van der Waals surface area contributed by atoms with Crippen molar-refractivity contribution < 1.29 is 0 Å². The van der Waals surface area contributed by atoms with Gasteiger partial charge in [0.1, 0.15) is 0 Å². The highest BCUT2D eigenvalue weighted by Gasteiger charge is 2.12. The molecule has 3 nitrogen and oxygen atoms in total. The summed E-state index contributed by atoms with van der Waals surface area (Å²) in [7, 11) is 0. The van der Waals surface area contributed by atoms with Gasteiger partial charge < -0.3 is 11.1 Å². The fourth-order valence-electron chi connectivity index (χ4n) is 2.77. The Labute approximate surface area is 123 Å². The summed E-state index contributed by atoms with van der Waals surface area (Å²) in [6.07, 6.45) is 2.71. The monoisotopic (exact) mass is 275 g/mol. The predicted molar refractivity (Wildman–Crippen MR) is 86.8 cm³/mol. The van der Waals surface area contributed by atoms with Crippen LogP contribution in [0.5, 0.6) is 0 Å². The zero-order valence-corrected chi connectivity index (χ0v) is 12.9. The first-order chi connectivity index (χ1) is 9.69. The maximum atomic E-state index is 5.81. The highest BCUT2D eigenvalue weighted by atomic mass is 15.1. The molecule has 1 fully saturated rings. The van der Waals surface area contributed by atoms with Crippen molar-refractivity contribution in [2.45, 2.75) is 33.2 Å². The Morgan fingerprint density at radius 1 is 1.15 bits per heavy atom. The maximum absolute atomic E-state index is 5.81. The molecular weight excluding hydrogens is 246 g/mol. The van der Waals surface area contributed by atoms with E-state index in [-0.39, 0.29) is 0 Å². The van der Waals surface area contributed by atoms with Gasteiger partial charge in [-0.3, -0.25) is 4.90 Å². The molecule has 1 aliphatic rings. The minimum Gasteiger partial charge on any atom is -0.385 e. The SMILES string of the molecule is CC(C)C(CN)CNc1ccc(CN2CCCC2)cc1. The van der Waals surface area contributed by atoms with E-state index in [0.29, 0.717) is 11.8 Å². The molecule has 0 bridgehead atoms. The largest absolute Gasteiger partial charge is 0.385 e. The van der Waals surface area contributed by atoms with Gasteiger partial charge >= 0.3 is 0 Å². The molecule has 1 unspecified atom stereocenters. The molecule has 0 aromatic heterocycles. The average Bonchev–Trinajstić information content (AvgIpc) is 2.94. The summed E-state index contributed by atoms with van der Waals surface area (Å²) < 4.78 is 0. The van der Waals surface area contributed by atoms with Crippen LogP contribution in [0.25, 0.3) is 0 Å². The molecule has 1 aliphatic heterocycles. The normalized spacial score (nSPS) is 17.6. The topological polar surface area (TPSA) is 41.3 Å². The molecule has 0 amide bonds. The Kier molecular flexibility index (Phi) is 5.86.